The number of primary sulfonamides is 1. The minimum absolute atomic E-state index is 0.0776. The Morgan fingerprint density at radius 1 is 1.43 bits per heavy atom. The molecule has 0 saturated carbocycles. The Morgan fingerprint density at radius 3 is 2.67 bits per heavy atom. The molecule has 0 radical (unpaired) electrons. The van der Waals surface area contributed by atoms with Gasteiger partial charge in [0.25, 0.3) is 0 Å². The van der Waals surface area contributed by atoms with Crippen LogP contribution in [0.1, 0.15) is 6.92 Å². The topological polar surface area (TPSA) is 137 Å². The van der Waals surface area contributed by atoms with E-state index in [1.165, 1.54) is 25.3 Å². The summed E-state index contributed by atoms with van der Waals surface area (Å²) in [6, 6.07) is 3.42. The Bertz CT molecular complexity index is 603. The number of amides is 1. The first-order valence-electron chi connectivity index (χ1n) is 6.21. The van der Waals surface area contributed by atoms with Gasteiger partial charge in [-0.25, -0.2) is 13.6 Å². The lowest BCUT2D eigenvalue weighted by Crippen LogP contribution is -2.39. The molecule has 0 aliphatic heterocycles. The van der Waals surface area contributed by atoms with Crippen molar-refractivity contribution in [3.63, 3.8) is 0 Å². The number of hydrogen-bond donors (Lipinski definition) is 4. The number of sulfonamides is 1. The summed E-state index contributed by atoms with van der Waals surface area (Å²) < 4.78 is 27.4. The third kappa shape index (κ3) is 5.21. The van der Waals surface area contributed by atoms with Crippen molar-refractivity contribution in [1.29, 1.82) is 0 Å². The maximum absolute atomic E-state index is 11.8. The van der Waals surface area contributed by atoms with E-state index in [1.807, 2.05) is 0 Å². The van der Waals surface area contributed by atoms with Crippen LogP contribution in [-0.4, -0.2) is 40.6 Å². The molecule has 0 aliphatic carbocycles. The van der Waals surface area contributed by atoms with E-state index in [0.29, 0.717) is 24.5 Å². The number of benzene rings is 1. The Kier molecular flexibility index (Phi) is 5.94. The van der Waals surface area contributed by atoms with Gasteiger partial charge in [-0.3, -0.25) is 4.79 Å². The zero-order valence-corrected chi connectivity index (χ0v) is 12.7. The number of nitrogens with one attached hydrogen (secondary N) is 2. The molecule has 1 rings (SSSR count). The van der Waals surface area contributed by atoms with Gasteiger partial charge in [0.15, 0.2) is 0 Å². The lowest BCUT2D eigenvalue weighted by Gasteiger charge is -2.17. The monoisotopic (exact) mass is 316 g/mol. The first-order valence-corrected chi connectivity index (χ1v) is 7.76. The predicted octanol–water partition coefficient (Wildman–Crippen LogP) is -0.521. The highest BCUT2D eigenvalue weighted by molar-refractivity contribution is 7.89. The second-order valence-corrected chi connectivity index (χ2v) is 6.01. The van der Waals surface area contributed by atoms with Crippen molar-refractivity contribution in [3.8, 4) is 0 Å². The van der Waals surface area contributed by atoms with Crippen molar-refractivity contribution in [3.05, 3.63) is 18.2 Å². The number of ether oxygens (including phenoxy) is 1. The summed E-state index contributed by atoms with van der Waals surface area (Å²) in [5, 5.41) is 10.6. The van der Waals surface area contributed by atoms with Gasteiger partial charge in [0.05, 0.1) is 22.9 Å². The molecule has 0 saturated heterocycles. The number of methoxy groups -OCH3 is 1. The van der Waals surface area contributed by atoms with Gasteiger partial charge < -0.3 is 21.1 Å². The molecule has 8 nitrogen and oxygen atoms in total. The summed E-state index contributed by atoms with van der Waals surface area (Å²) in [5.41, 5.74) is 6.40. The van der Waals surface area contributed by atoms with Crippen LogP contribution in [0.25, 0.3) is 0 Å². The summed E-state index contributed by atoms with van der Waals surface area (Å²) in [7, 11) is -2.29. The SMILES string of the molecule is COCCNC(=O)C(C)Nc1cc(S(N)(=O)=O)ccc1N. The molecule has 0 spiro atoms. The molecule has 1 unspecified atom stereocenters. The van der Waals surface area contributed by atoms with E-state index in [9.17, 15) is 13.2 Å². The normalized spacial score (nSPS) is 12.7. The van der Waals surface area contributed by atoms with E-state index in [0.717, 1.165) is 0 Å². The molecule has 118 valence electrons. The molecular weight excluding hydrogens is 296 g/mol. The molecule has 1 aromatic carbocycles. The van der Waals surface area contributed by atoms with Gasteiger partial charge in [-0.2, -0.15) is 0 Å². The van der Waals surface area contributed by atoms with Gasteiger partial charge in [0.2, 0.25) is 15.9 Å². The number of rotatable bonds is 7. The van der Waals surface area contributed by atoms with Gasteiger partial charge in [-0.15, -0.1) is 0 Å². The first-order chi connectivity index (χ1) is 9.75. The number of hydrogen-bond acceptors (Lipinski definition) is 6. The van der Waals surface area contributed by atoms with Crippen molar-refractivity contribution in [1.82, 2.24) is 5.32 Å². The van der Waals surface area contributed by atoms with Crippen LogP contribution in [0.2, 0.25) is 0 Å². The van der Waals surface area contributed by atoms with E-state index in [2.05, 4.69) is 10.6 Å². The predicted molar refractivity (Wildman–Crippen MR) is 80.2 cm³/mol. The number of nitrogens with two attached hydrogens (primary N) is 2. The van der Waals surface area contributed by atoms with Crippen LogP contribution in [0.15, 0.2) is 23.1 Å². The molecule has 21 heavy (non-hydrogen) atoms. The van der Waals surface area contributed by atoms with Crippen molar-refractivity contribution in [2.75, 3.05) is 31.3 Å². The van der Waals surface area contributed by atoms with E-state index < -0.39 is 16.1 Å². The molecule has 1 amide bonds. The Morgan fingerprint density at radius 2 is 2.10 bits per heavy atom. The fourth-order valence-electron chi connectivity index (χ4n) is 1.57. The highest BCUT2D eigenvalue weighted by atomic mass is 32.2. The average Bonchev–Trinajstić information content (AvgIpc) is 2.40. The van der Waals surface area contributed by atoms with Crippen LogP contribution in [-0.2, 0) is 19.6 Å². The van der Waals surface area contributed by atoms with Gasteiger partial charge in [-0.05, 0) is 25.1 Å². The quantitative estimate of drug-likeness (QED) is 0.394. The number of carbonyl (C=O) groups excluding carboxylic acids is 1. The zero-order valence-electron chi connectivity index (χ0n) is 11.9. The standard InChI is InChI=1S/C12H20N4O4S/c1-8(12(17)15-5-6-20-2)16-11-7-9(21(14,18)19)3-4-10(11)13/h3-4,7-8,16H,5-6,13H2,1-2H3,(H,15,17)(H2,14,18,19). The van der Waals surface area contributed by atoms with Gasteiger partial charge >= 0.3 is 0 Å². The van der Waals surface area contributed by atoms with Crippen LogP contribution in [0, 0.1) is 0 Å². The van der Waals surface area contributed by atoms with Crippen LogP contribution < -0.4 is 21.5 Å². The second-order valence-electron chi connectivity index (χ2n) is 4.44. The fourth-order valence-corrected chi connectivity index (χ4v) is 2.11. The van der Waals surface area contributed by atoms with Crippen LogP contribution in [0.5, 0.6) is 0 Å². The summed E-state index contributed by atoms with van der Waals surface area (Å²) in [5.74, 6) is -0.257. The molecule has 6 N–H and O–H groups in total. The average molecular weight is 316 g/mol. The van der Waals surface area contributed by atoms with Gasteiger partial charge in [0, 0.05) is 13.7 Å². The zero-order chi connectivity index (χ0) is 16.0. The summed E-state index contributed by atoms with van der Waals surface area (Å²) in [6.45, 7) is 2.42. The largest absolute Gasteiger partial charge is 0.397 e. The highest BCUT2D eigenvalue weighted by Gasteiger charge is 2.15. The number of anilines is 2. The third-order valence-corrected chi connectivity index (χ3v) is 3.63. The molecule has 0 fully saturated rings. The van der Waals surface area contributed by atoms with Crippen molar-refractivity contribution >= 4 is 27.3 Å². The summed E-state index contributed by atoms with van der Waals surface area (Å²) in [4.78, 5) is 11.7. The molecule has 1 aromatic rings. The minimum Gasteiger partial charge on any atom is -0.397 e. The van der Waals surface area contributed by atoms with Crippen molar-refractivity contribution in [2.24, 2.45) is 5.14 Å². The molecular formula is C12H20N4O4S. The Labute approximate surface area is 123 Å². The van der Waals surface area contributed by atoms with E-state index in [-0.39, 0.29) is 10.8 Å². The van der Waals surface area contributed by atoms with E-state index >= 15 is 0 Å². The lowest BCUT2D eigenvalue weighted by molar-refractivity contribution is -0.121. The molecule has 0 aliphatic rings. The van der Waals surface area contributed by atoms with Crippen molar-refractivity contribution in [2.45, 2.75) is 17.9 Å². The van der Waals surface area contributed by atoms with Crippen LogP contribution in [0.4, 0.5) is 11.4 Å². The summed E-state index contributed by atoms with van der Waals surface area (Å²) >= 11 is 0. The second kappa shape index (κ2) is 7.25. The van der Waals surface area contributed by atoms with Crippen LogP contribution >= 0.6 is 0 Å². The maximum atomic E-state index is 11.8. The maximum Gasteiger partial charge on any atom is 0.242 e. The van der Waals surface area contributed by atoms with E-state index in [1.54, 1.807) is 6.92 Å². The van der Waals surface area contributed by atoms with Crippen molar-refractivity contribution < 1.29 is 17.9 Å². The third-order valence-electron chi connectivity index (χ3n) is 2.72. The number of nitrogen functional groups attached to an aromatic ring is 1. The molecule has 9 heteroatoms. The van der Waals surface area contributed by atoms with Gasteiger partial charge in [0.1, 0.15) is 6.04 Å². The minimum atomic E-state index is -3.83. The van der Waals surface area contributed by atoms with Gasteiger partial charge in [-0.1, -0.05) is 0 Å². The number of carbonyl (C=O) groups is 1. The fraction of sp³-hybridized carbons (Fsp3) is 0.417. The highest BCUT2D eigenvalue weighted by Crippen LogP contribution is 2.22. The first kappa shape index (κ1) is 17.2. The van der Waals surface area contributed by atoms with E-state index in [4.69, 9.17) is 15.6 Å². The smallest absolute Gasteiger partial charge is 0.242 e. The Balaban J connectivity index is 2.80. The lowest BCUT2D eigenvalue weighted by atomic mass is 10.2. The molecule has 0 bridgehead atoms. The Hall–Kier alpha value is -1.84. The van der Waals surface area contributed by atoms with Crippen LogP contribution in [0.3, 0.4) is 0 Å². The molecule has 0 heterocycles. The molecule has 0 aromatic heterocycles. The molecule has 1 atom stereocenters. The summed E-state index contributed by atoms with van der Waals surface area (Å²) in [6.07, 6.45) is 0.